The lowest BCUT2D eigenvalue weighted by molar-refractivity contribution is -0.0122. The highest BCUT2D eigenvalue weighted by molar-refractivity contribution is 5.26. The maximum Gasteiger partial charge on any atom is 0.0827 e. The second-order valence-corrected chi connectivity index (χ2v) is 5.40. The molecule has 0 saturated carbocycles. The molecule has 2 unspecified atom stereocenters. The van der Waals surface area contributed by atoms with Crippen molar-refractivity contribution in [3.05, 3.63) is 29.6 Å². The van der Waals surface area contributed by atoms with Gasteiger partial charge in [-0.05, 0) is 29.5 Å². The van der Waals surface area contributed by atoms with Gasteiger partial charge >= 0.3 is 0 Å². The molecule has 1 aromatic heterocycles. The summed E-state index contributed by atoms with van der Waals surface area (Å²) in [5.41, 5.74) is 5.09. The van der Waals surface area contributed by atoms with Gasteiger partial charge in [0.1, 0.15) is 0 Å². The largest absolute Gasteiger partial charge is 0.379 e. The summed E-state index contributed by atoms with van der Waals surface area (Å²) in [5, 5.41) is 0. The first-order valence-corrected chi connectivity index (χ1v) is 5.81. The van der Waals surface area contributed by atoms with Gasteiger partial charge in [-0.2, -0.15) is 0 Å². The third kappa shape index (κ3) is 3.25. The summed E-state index contributed by atoms with van der Waals surface area (Å²) in [6.45, 7) is 8.46. The Morgan fingerprint density at radius 3 is 2.47 bits per heavy atom. The number of aryl methyl sites for hydroxylation is 1. The Bertz CT molecular complexity index is 360. The molecule has 0 amide bonds. The van der Waals surface area contributed by atoms with Crippen LogP contribution in [0.15, 0.2) is 18.5 Å². The molecule has 0 aliphatic rings. The van der Waals surface area contributed by atoms with E-state index in [1.165, 1.54) is 0 Å². The van der Waals surface area contributed by atoms with Gasteiger partial charge in [0.25, 0.3) is 0 Å². The number of nitrogens with one attached hydrogen (secondary N) is 1. The highest BCUT2D eigenvalue weighted by Gasteiger charge is 2.33. The first-order valence-electron chi connectivity index (χ1n) is 5.81. The molecule has 1 heterocycles. The Hall–Kier alpha value is -0.970. The summed E-state index contributed by atoms with van der Waals surface area (Å²) in [6.07, 6.45) is 3.61. The van der Waals surface area contributed by atoms with E-state index in [0.29, 0.717) is 0 Å². The zero-order valence-corrected chi connectivity index (χ0v) is 11.3. The molecular formula is C13H23N3O. The first-order chi connectivity index (χ1) is 7.91. The summed E-state index contributed by atoms with van der Waals surface area (Å²) >= 11 is 0. The number of pyridine rings is 1. The standard InChI is InChI=1S/C13H23N3O/c1-9-6-7-15-8-10(9)11(16-14)12(17-5)13(2,3)4/h6-8,11-12,16H,14H2,1-5H3. The van der Waals surface area contributed by atoms with Gasteiger partial charge in [-0.1, -0.05) is 20.8 Å². The molecule has 4 nitrogen and oxygen atoms in total. The smallest absolute Gasteiger partial charge is 0.0827 e. The number of nitrogens with two attached hydrogens (primary N) is 1. The minimum atomic E-state index is -0.0614. The van der Waals surface area contributed by atoms with E-state index in [4.69, 9.17) is 10.6 Å². The Balaban J connectivity index is 3.10. The van der Waals surface area contributed by atoms with Crippen molar-refractivity contribution in [2.45, 2.75) is 39.8 Å². The molecule has 0 saturated heterocycles. The second kappa shape index (κ2) is 5.58. The Morgan fingerprint density at radius 1 is 1.41 bits per heavy atom. The molecule has 0 bridgehead atoms. The summed E-state index contributed by atoms with van der Waals surface area (Å²) in [6, 6.07) is 1.92. The average molecular weight is 237 g/mol. The van der Waals surface area contributed by atoms with Gasteiger partial charge in [-0.15, -0.1) is 0 Å². The van der Waals surface area contributed by atoms with Crippen LogP contribution in [-0.4, -0.2) is 18.2 Å². The van der Waals surface area contributed by atoms with E-state index in [-0.39, 0.29) is 17.6 Å². The van der Waals surface area contributed by atoms with E-state index < -0.39 is 0 Å². The van der Waals surface area contributed by atoms with Gasteiger partial charge in [0.05, 0.1) is 12.1 Å². The fourth-order valence-corrected chi connectivity index (χ4v) is 2.13. The summed E-state index contributed by atoms with van der Waals surface area (Å²) in [5.74, 6) is 5.69. The predicted octanol–water partition coefficient (Wildman–Crippen LogP) is 1.96. The van der Waals surface area contributed by atoms with Gasteiger partial charge in [-0.25, -0.2) is 0 Å². The fourth-order valence-electron chi connectivity index (χ4n) is 2.13. The molecule has 1 aromatic rings. The highest BCUT2D eigenvalue weighted by atomic mass is 16.5. The molecular weight excluding hydrogens is 214 g/mol. The molecule has 0 spiro atoms. The van der Waals surface area contributed by atoms with Crippen LogP contribution >= 0.6 is 0 Å². The molecule has 17 heavy (non-hydrogen) atoms. The second-order valence-electron chi connectivity index (χ2n) is 5.40. The lowest BCUT2D eigenvalue weighted by atomic mass is 9.81. The van der Waals surface area contributed by atoms with Gasteiger partial charge in [-0.3, -0.25) is 16.3 Å². The number of aromatic nitrogens is 1. The zero-order chi connectivity index (χ0) is 13.1. The van der Waals surface area contributed by atoms with Crippen LogP contribution in [0, 0.1) is 12.3 Å². The third-order valence-corrected chi connectivity index (χ3v) is 3.00. The maximum atomic E-state index is 5.69. The van der Waals surface area contributed by atoms with Crippen molar-refractivity contribution in [1.29, 1.82) is 0 Å². The van der Waals surface area contributed by atoms with Crippen molar-refractivity contribution in [3.8, 4) is 0 Å². The molecule has 2 atom stereocenters. The van der Waals surface area contributed by atoms with Crippen molar-refractivity contribution in [3.63, 3.8) is 0 Å². The van der Waals surface area contributed by atoms with Crippen LogP contribution < -0.4 is 11.3 Å². The van der Waals surface area contributed by atoms with Gasteiger partial charge in [0.2, 0.25) is 0 Å². The number of hydrogen-bond donors (Lipinski definition) is 2. The van der Waals surface area contributed by atoms with Crippen LogP contribution in [0.1, 0.15) is 37.9 Å². The zero-order valence-electron chi connectivity index (χ0n) is 11.3. The van der Waals surface area contributed by atoms with Crippen LogP contribution in [0.4, 0.5) is 0 Å². The minimum absolute atomic E-state index is 0.00588. The topological polar surface area (TPSA) is 60.2 Å². The van der Waals surface area contributed by atoms with Crippen molar-refractivity contribution >= 4 is 0 Å². The Labute approximate surface area is 104 Å². The SMILES string of the molecule is COC(C(NN)c1cnccc1C)C(C)(C)C. The number of hydrazine groups is 1. The normalized spacial score (nSPS) is 15.6. The van der Waals surface area contributed by atoms with Crippen LogP contribution in [-0.2, 0) is 4.74 Å². The van der Waals surface area contributed by atoms with Crippen molar-refractivity contribution in [2.75, 3.05) is 7.11 Å². The molecule has 3 N–H and O–H groups in total. The molecule has 0 radical (unpaired) electrons. The van der Waals surface area contributed by atoms with E-state index in [1.807, 2.05) is 12.3 Å². The summed E-state index contributed by atoms with van der Waals surface area (Å²) in [4.78, 5) is 4.16. The van der Waals surface area contributed by atoms with E-state index in [0.717, 1.165) is 11.1 Å². The third-order valence-electron chi connectivity index (χ3n) is 3.00. The number of ether oxygens (including phenoxy) is 1. The molecule has 0 aliphatic carbocycles. The highest BCUT2D eigenvalue weighted by Crippen LogP contribution is 2.32. The Kier molecular flexibility index (Phi) is 4.62. The fraction of sp³-hybridized carbons (Fsp3) is 0.615. The number of hydrogen-bond acceptors (Lipinski definition) is 4. The molecule has 4 heteroatoms. The van der Waals surface area contributed by atoms with Crippen LogP contribution in [0.25, 0.3) is 0 Å². The first kappa shape index (κ1) is 14.1. The minimum Gasteiger partial charge on any atom is -0.379 e. The maximum absolute atomic E-state index is 5.69. The summed E-state index contributed by atoms with van der Waals surface area (Å²) in [7, 11) is 1.71. The average Bonchev–Trinajstić information content (AvgIpc) is 2.25. The van der Waals surface area contributed by atoms with Crippen LogP contribution in [0.5, 0.6) is 0 Å². The van der Waals surface area contributed by atoms with Crippen molar-refractivity contribution in [1.82, 2.24) is 10.4 Å². The Morgan fingerprint density at radius 2 is 2.06 bits per heavy atom. The number of methoxy groups -OCH3 is 1. The van der Waals surface area contributed by atoms with Crippen LogP contribution in [0.3, 0.4) is 0 Å². The van der Waals surface area contributed by atoms with Crippen LogP contribution in [0.2, 0.25) is 0 Å². The van der Waals surface area contributed by atoms with Crippen molar-refractivity contribution in [2.24, 2.45) is 11.3 Å². The summed E-state index contributed by atoms with van der Waals surface area (Å²) < 4.78 is 5.61. The molecule has 96 valence electrons. The van der Waals surface area contributed by atoms with Crippen molar-refractivity contribution < 1.29 is 4.74 Å². The lowest BCUT2D eigenvalue weighted by Gasteiger charge is -2.36. The van der Waals surface area contributed by atoms with E-state index in [9.17, 15) is 0 Å². The number of nitrogens with zero attached hydrogens (tertiary/aromatic N) is 1. The predicted molar refractivity (Wildman–Crippen MR) is 69.3 cm³/mol. The van der Waals surface area contributed by atoms with Gasteiger partial charge in [0, 0.05) is 19.5 Å². The molecule has 0 aliphatic heterocycles. The molecule has 1 rings (SSSR count). The van der Waals surface area contributed by atoms with Gasteiger partial charge < -0.3 is 4.74 Å². The number of rotatable bonds is 4. The van der Waals surface area contributed by atoms with E-state index >= 15 is 0 Å². The monoisotopic (exact) mass is 237 g/mol. The van der Waals surface area contributed by atoms with Gasteiger partial charge in [0.15, 0.2) is 0 Å². The quantitative estimate of drug-likeness (QED) is 0.621. The molecule has 0 fully saturated rings. The molecule has 0 aromatic carbocycles. The van der Waals surface area contributed by atoms with E-state index in [2.05, 4.69) is 38.1 Å². The van der Waals surface area contributed by atoms with E-state index in [1.54, 1.807) is 13.3 Å². The lowest BCUT2D eigenvalue weighted by Crippen LogP contribution is -2.44.